The van der Waals surface area contributed by atoms with Gasteiger partial charge >= 0.3 is 0 Å². The molecule has 0 bridgehead atoms. The lowest BCUT2D eigenvalue weighted by Crippen LogP contribution is -2.33. The van der Waals surface area contributed by atoms with E-state index >= 15 is 0 Å². The average Bonchev–Trinajstić information content (AvgIpc) is 2.74. The van der Waals surface area contributed by atoms with Crippen LogP contribution in [-0.2, 0) is 13.1 Å². The summed E-state index contributed by atoms with van der Waals surface area (Å²) in [6.07, 6.45) is 3.79. The van der Waals surface area contributed by atoms with Crippen LogP contribution >= 0.6 is 0 Å². The van der Waals surface area contributed by atoms with Crippen LogP contribution in [0.25, 0.3) is 0 Å². The van der Waals surface area contributed by atoms with Gasteiger partial charge in [0.15, 0.2) is 0 Å². The van der Waals surface area contributed by atoms with E-state index < -0.39 is 0 Å². The number of nitrogens with zero attached hydrogens (tertiary/aromatic N) is 3. The lowest BCUT2D eigenvalue weighted by Gasteiger charge is -2.24. The summed E-state index contributed by atoms with van der Waals surface area (Å²) in [6, 6.07) is 0.429. The van der Waals surface area contributed by atoms with Crippen LogP contribution in [0.3, 0.4) is 0 Å². The lowest BCUT2D eigenvalue weighted by atomic mass is 10.0. The topological polar surface area (TPSA) is 54.8 Å². The first-order chi connectivity index (χ1) is 7.45. The van der Waals surface area contributed by atoms with Crippen LogP contribution in [0.5, 0.6) is 0 Å². The Hall–Kier alpha value is -0.940. The molecule has 0 radical (unpaired) electrons. The van der Waals surface area contributed by atoms with E-state index in [9.17, 15) is 0 Å². The Labute approximate surface area is 89.3 Å². The molecule has 1 fully saturated rings. The smallest absolute Gasteiger partial charge is 0.150 e. The summed E-state index contributed by atoms with van der Waals surface area (Å²) in [7, 11) is 0. The third kappa shape index (κ3) is 1.66. The highest BCUT2D eigenvalue weighted by atomic mass is 15.3. The van der Waals surface area contributed by atoms with Crippen molar-refractivity contribution in [3.8, 4) is 0 Å². The second-order valence-electron chi connectivity index (χ2n) is 4.31. The van der Waals surface area contributed by atoms with Crippen molar-refractivity contribution in [2.45, 2.75) is 38.4 Å². The third-order valence-corrected chi connectivity index (χ3v) is 3.27. The Morgan fingerprint density at radius 1 is 1.20 bits per heavy atom. The van der Waals surface area contributed by atoms with Crippen molar-refractivity contribution in [3.63, 3.8) is 0 Å². The molecule has 0 aliphatic carbocycles. The van der Waals surface area contributed by atoms with Gasteiger partial charge in [-0.05, 0) is 19.4 Å². The first-order valence-electron chi connectivity index (χ1n) is 5.81. The van der Waals surface area contributed by atoms with Gasteiger partial charge in [-0.25, -0.2) is 0 Å². The van der Waals surface area contributed by atoms with Crippen LogP contribution in [0.2, 0.25) is 0 Å². The molecule has 82 valence electrons. The monoisotopic (exact) mass is 207 g/mol. The molecule has 1 saturated heterocycles. The van der Waals surface area contributed by atoms with Gasteiger partial charge in [0.1, 0.15) is 11.6 Å². The van der Waals surface area contributed by atoms with Crippen molar-refractivity contribution in [3.05, 3.63) is 11.6 Å². The van der Waals surface area contributed by atoms with Gasteiger partial charge in [0.05, 0.1) is 12.6 Å². The molecule has 0 spiro atoms. The maximum absolute atomic E-state index is 4.33. The molecule has 1 aromatic heterocycles. The highest BCUT2D eigenvalue weighted by molar-refractivity contribution is 5.04. The van der Waals surface area contributed by atoms with Gasteiger partial charge in [0, 0.05) is 13.1 Å². The molecule has 1 aromatic rings. The molecule has 0 amide bonds. The Kier molecular flexibility index (Phi) is 2.42. The summed E-state index contributed by atoms with van der Waals surface area (Å²) in [5, 5.41) is 15.4. The molecule has 0 saturated carbocycles. The molecule has 5 heteroatoms. The van der Waals surface area contributed by atoms with Crippen molar-refractivity contribution in [2.75, 3.05) is 13.1 Å². The van der Waals surface area contributed by atoms with Gasteiger partial charge in [-0.15, -0.1) is 10.2 Å². The second kappa shape index (κ2) is 3.90. The van der Waals surface area contributed by atoms with E-state index in [0.717, 1.165) is 37.8 Å². The van der Waals surface area contributed by atoms with Gasteiger partial charge in [-0.1, -0.05) is 6.42 Å². The molecular formula is C10H17N5. The molecule has 5 nitrogen and oxygen atoms in total. The van der Waals surface area contributed by atoms with Crippen LogP contribution < -0.4 is 10.6 Å². The first kappa shape index (κ1) is 9.30. The van der Waals surface area contributed by atoms with Crippen molar-refractivity contribution < 1.29 is 0 Å². The van der Waals surface area contributed by atoms with Gasteiger partial charge in [-0.2, -0.15) is 0 Å². The maximum Gasteiger partial charge on any atom is 0.150 e. The molecule has 2 aliphatic heterocycles. The van der Waals surface area contributed by atoms with E-state index in [2.05, 4.69) is 25.4 Å². The first-order valence-corrected chi connectivity index (χ1v) is 5.81. The fraction of sp³-hybridized carbons (Fsp3) is 0.800. The van der Waals surface area contributed by atoms with Crippen molar-refractivity contribution >= 4 is 0 Å². The number of hydrogen-bond donors (Lipinski definition) is 2. The summed E-state index contributed by atoms with van der Waals surface area (Å²) < 4.78 is 2.28. The van der Waals surface area contributed by atoms with Crippen LogP contribution in [0, 0.1) is 0 Å². The minimum absolute atomic E-state index is 0.429. The predicted octanol–water partition coefficient (Wildman–Crippen LogP) is 0.196. The number of piperidine rings is 1. The molecule has 1 atom stereocenters. The fourth-order valence-corrected chi connectivity index (χ4v) is 2.44. The van der Waals surface area contributed by atoms with E-state index in [-0.39, 0.29) is 0 Å². The fourth-order valence-electron chi connectivity index (χ4n) is 2.44. The van der Waals surface area contributed by atoms with Crippen LogP contribution in [0.15, 0.2) is 0 Å². The van der Waals surface area contributed by atoms with Crippen LogP contribution in [0.4, 0.5) is 0 Å². The van der Waals surface area contributed by atoms with Gasteiger partial charge in [0.2, 0.25) is 0 Å². The van der Waals surface area contributed by atoms with Crippen molar-refractivity contribution in [1.29, 1.82) is 0 Å². The Morgan fingerprint density at radius 2 is 2.20 bits per heavy atom. The maximum atomic E-state index is 4.33. The SMILES string of the molecule is C1CCC(c2nnc3n2CCNC3)NC1. The molecule has 1 unspecified atom stereocenters. The normalized spacial score (nSPS) is 26.3. The number of fused-ring (bicyclic) bond motifs is 1. The standard InChI is InChI=1S/C10H17N5/c1-2-4-12-8(3-1)10-14-13-9-7-11-5-6-15(9)10/h8,11-12H,1-7H2. The van der Waals surface area contributed by atoms with Gasteiger partial charge in [-0.3, -0.25) is 0 Å². The minimum atomic E-state index is 0.429. The van der Waals surface area contributed by atoms with E-state index in [1.165, 1.54) is 19.3 Å². The van der Waals surface area contributed by atoms with Gasteiger partial charge in [0.25, 0.3) is 0 Å². The van der Waals surface area contributed by atoms with Gasteiger partial charge < -0.3 is 15.2 Å². The summed E-state index contributed by atoms with van der Waals surface area (Å²) in [5.41, 5.74) is 0. The predicted molar refractivity (Wildman–Crippen MR) is 56.3 cm³/mol. The Bertz CT molecular complexity index is 340. The van der Waals surface area contributed by atoms with E-state index in [1.807, 2.05) is 0 Å². The number of aromatic nitrogens is 3. The molecule has 15 heavy (non-hydrogen) atoms. The molecular weight excluding hydrogens is 190 g/mol. The summed E-state index contributed by atoms with van der Waals surface area (Å²) in [4.78, 5) is 0. The summed E-state index contributed by atoms with van der Waals surface area (Å²) >= 11 is 0. The third-order valence-electron chi connectivity index (χ3n) is 3.27. The quantitative estimate of drug-likeness (QED) is 0.690. The molecule has 2 aliphatic rings. The Morgan fingerprint density at radius 3 is 3.07 bits per heavy atom. The van der Waals surface area contributed by atoms with E-state index in [0.29, 0.717) is 6.04 Å². The summed E-state index contributed by atoms with van der Waals surface area (Å²) in [6.45, 7) is 4.02. The Balaban J connectivity index is 1.87. The average molecular weight is 207 g/mol. The molecule has 2 N–H and O–H groups in total. The zero-order chi connectivity index (χ0) is 10.1. The number of rotatable bonds is 1. The number of hydrogen-bond acceptors (Lipinski definition) is 4. The minimum Gasteiger partial charge on any atom is -0.311 e. The molecule has 3 heterocycles. The number of nitrogens with one attached hydrogen (secondary N) is 2. The summed E-state index contributed by atoms with van der Waals surface area (Å²) in [5.74, 6) is 2.23. The molecule has 3 rings (SSSR count). The largest absolute Gasteiger partial charge is 0.311 e. The lowest BCUT2D eigenvalue weighted by molar-refractivity contribution is 0.376. The van der Waals surface area contributed by atoms with Crippen molar-refractivity contribution in [2.24, 2.45) is 0 Å². The van der Waals surface area contributed by atoms with E-state index in [1.54, 1.807) is 0 Å². The van der Waals surface area contributed by atoms with E-state index in [4.69, 9.17) is 0 Å². The van der Waals surface area contributed by atoms with Crippen molar-refractivity contribution in [1.82, 2.24) is 25.4 Å². The highest BCUT2D eigenvalue weighted by Crippen LogP contribution is 2.22. The molecule has 0 aromatic carbocycles. The zero-order valence-corrected chi connectivity index (χ0v) is 8.87. The van der Waals surface area contributed by atoms with Crippen LogP contribution in [0.1, 0.15) is 37.0 Å². The second-order valence-corrected chi connectivity index (χ2v) is 4.31. The zero-order valence-electron chi connectivity index (χ0n) is 8.87. The highest BCUT2D eigenvalue weighted by Gasteiger charge is 2.23. The van der Waals surface area contributed by atoms with Crippen LogP contribution in [-0.4, -0.2) is 27.9 Å².